The zero-order valence-electron chi connectivity index (χ0n) is 16.7. The molecule has 2 fully saturated rings. The first-order chi connectivity index (χ1) is 14.1. The number of hydrogen-bond acceptors (Lipinski definition) is 6. The van der Waals surface area contributed by atoms with Crippen LogP contribution in [0.15, 0.2) is 41.1 Å². The van der Waals surface area contributed by atoms with Crippen LogP contribution in [0.2, 0.25) is 0 Å². The quantitative estimate of drug-likeness (QED) is 0.802. The molecule has 154 valence electrons. The van der Waals surface area contributed by atoms with Gasteiger partial charge in [0, 0.05) is 51.8 Å². The summed E-state index contributed by atoms with van der Waals surface area (Å²) in [6.45, 7) is 6.80. The highest BCUT2D eigenvalue weighted by molar-refractivity contribution is 6.03. The van der Waals surface area contributed by atoms with Gasteiger partial charge >= 0.3 is 0 Å². The summed E-state index contributed by atoms with van der Waals surface area (Å²) in [6.07, 6.45) is 3.01. The van der Waals surface area contributed by atoms with Gasteiger partial charge in [-0.3, -0.25) is 19.4 Å². The maximum atomic E-state index is 12.9. The highest BCUT2D eigenvalue weighted by Gasteiger charge is 2.28. The van der Waals surface area contributed by atoms with E-state index in [1.54, 1.807) is 11.2 Å². The van der Waals surface area contributed by atoms with Gasteiger partial charge in [0.2, 0.25) is 11.8 Å². The van der Waals surface area contributed by atoms with E-state index < -0.39 is 0 Å². The van der Waals surface area contributed by atoms with E-state index in [-0.39, 0.29) is 17.9 Å². The van der Waals surface area contributed by atoms with Crippen LogP contribution in [0, 0.1) is 0 Å². The number of rotatable bonds is 6. The molecule has 4 rings (SSSR count). The molecule has 29 heavy (non-hydrogen) atoms. The van der Waals surface area contributed by atoms with E-state index in [0.29, 0.717) is 18.7 Å². The Morgan fingerprint density at radius 3 is 2.66 bits per heavy atom. The van der Waals surface area contributed by atoms with Gasteiger partial charge in [-0.15, -0.1) is 0 Å². The number of para-hydroxylation sites is 2. The Hall–Kier alpha value is -2.71. The topological polar surface area (TPSA) is 81.9 Å². The number of hydrogen-bond donors (Lipinski definition) is 1. The van der Waals surface area contributed by atoms with Crippen LogP contribution in [0.25, 0.3) is 0 Å². The largest absolute Gasteiger partial charge is 0.364 e. The average molecular weight is 397 g/mol. The van der Waals surface area contributed by atoms with Crippen molar-refractivity contribution in [3.8, 4) is 0 Å². The second kappa shape index (κ2) is 8.75. The fourth-order valence-electron chi connectivity index (χ4n) is 3.98. The van der Waals surface area contributed by atoms with Gasteiger partial charge in [-0.2, -0.15) is 0 Å². The molecule has 8 heteroatoms. The molecule has 2 aromatic rings. The van der Waals surface area contributed by atoms with Gasteiger partial charge < -0.3 is 14.7 Å². The van der Waals surface area contributed by atoms with E-state index >= 15 is 0 Å². The van der Waals surface area contributed by atoms with Crippen molar-refractivity contribution in [1.29, 1.82) is 0 Å². The van der Waals surface area contributed by atoms with E-state index in [1.807, 2.05) is 37.3 Å². The summed E-state index contributed by atoms with van der Waals surface area (Å²) < 4.78 is 4.89. The highest BCUT2D eigenvalue weighted by atomic mass is 16.5. The lowest BCUT2D eigenvalue weighted by molar-refractivity contribution is -0.121. The minimum absolute atomic E-state index is 0.0472. The Balaban J connectivity index is 1.34. The Kier molecular flexibility index (Phi) is 5.92. The minimum Gasteiger partial charge on any atom is -0.364 e. The molecular weight excluding hydrogens is 370 g/mol. The van der Waals surface area contributed by atoms with E-state index in [1.165, 1.54) is 0 Å². The number of nitrogens with zero attached hydrogens (tertiary/aromatic N) is 4. The van der Waals surface area contributed by atoms with Gasteiger partial charge in [-0.25, -0.2) is 0 Å². The third-order valence-corrected chi connectivity index (χ3v) is 5.74. The number of aromatic nitrogens is 1. The number of nitrogens with one attached hydrogen (secondary N) is 1. The third kappa shape index (κ3) is 4.49. The Morgan fingerprint density at radius 2 is 1.97 bits per heavy atom. The molecule has 3 heterocycles. The molecule has 2 amide bonds. The van der Waals surface area contributed by atoms with Crippen LogP contribution >= 0.6 is 0 Å². The second-order valence-corrected chi connectivity index (χ2v) is 7.63. The molecule has 0 saturated carbocycles. The van der Waals surface area contributed by atoms with Gasteiger partial charge in [0.05, 0.1) is 23.1 Å². The molecule has 0 bridgehead atoms. The van der Waals surface area contributed by atoms with Crippen LogP contribution in [0.3, 0.4) is 0 Å². The van der Waals surface area contributed by atoms with E-state index in [2.05, 4.69) is 20.3 Å². The molecule has 1 atom stereocenters. The Morgan fingerprint density at radius 1 is 1.17 bits per heavy atom. The number of piperazine rings is 1. The van der Waals surface area contributed by atoms with Crippen molar-refractivity contribution < 1.29 is 14.1 Å². The van der Waals surface area contributed by atoms with Crippen molar-refractivity contribution >= 4 is 23.2 Å². The molecular formula is C21H27N5O3. The molecule has 0 unspecified atom stereocenters. The molecule has 0 spiro atoms. The summed E-state index contributed by atoms with van der Waals surface area (Å²) in [7, 11) is 0. The van der Waals surface area contributed by atoms with E-state index in [0.717, 1.165) is 50.5 Å². The number of carbonyl (C=O) groups is 2. The zero-order chi connectivity index (χ0) is 20.2. The molecule has 1 aromatic heterocycles. The van der Waals surface area contributed by atoms with Crippen molar-refractivity contribution in [1.82, 2.24) is 15.0 Å². The lowest BCUT2D eigenvalue weighted by Crippen LogP contribution is -2.52. The van der Waals surface area contributed by atoms with Crippen molar-refractivity contribution in [2.24, 2.45) is 0 Å². The van der Waals surface area contributed by atoms with Crippen LogP contribution in [0.4, 0.5) is 11.4 Å². The maximum Gasteiger partial charge on any atom is 0.241 e. The first-order valence-electron chi connectivity index (χ1n) is 10.2. The maximum absolute atomic E-state index is 12.9. The molecule has 2 aliphatic rings. The fourth-order valence-corrected chi connectivity index (χ4v) is 3.98. The average Bonchev–Trinajstić information content (AvgIpc) is 3.40. The van der Waals surface area contributed by atoms with Gasteiger partial charge in [0.15, 0.2) is 0 Å². The number of carbonyl (C=O) groups excluding carboxylic acids is 2. The normalized spacial score (nSPS) is 19.5. The van der Waals surface area contributed by atoms with Crippen molar-refractivity contribution in [3.63, 3.8) is 0 Å². The standard InChI is InChI=1S/C21H27N5O3/c1-16(25-12-10-24(11-13-25)15-17-8-14-29-23-17)21(28)22-18-5-2-3-6-19(18)26-9-4-7-20(26)27/h2-3,5-6,8,14,16H,4,7,9-13,15H2,1H3,(H,22,28)/t16-/m0/s1. The lowest BCUT2D eigenvalue weighted by atomic mass is 10.2. The van der Waals surface area contributed by atoms with Crippen molar-refractivity contribution in [2.75, 3.05) is 42.9 Å². The van der Waals surface area contributed by atoms with Crippen molar-refractivity contribution in [3.05, 3.63) is 42.3 Å². The predicted octanol–water partition coefficient (Wildman–Crippen LogP) is 1.95. The number of amides is 2. The first kappa shape index (κ1) is 19.6. The summed E-state index contributed by atoms with van der Waals surface area (Å²) >= 11 is 0. The van der Waals surface area contributed by atoms with Crippen molar-refractivity contribution in [2.45, 2.75) is 32.4 Å². The van der Waals surface area contributed by atoms with E-state index in [9.17, 15) is 9.59 Å². The zero-order valence-corrected chi connectivity index (χ0v) is 16.7. The minimum atomic E-state index is -0.244. The third-order valence-electron chi connectivity index (χ3n) is 5.74. The fraction of sp³-hybridized carbons (Fsp3) is 0.476. The summed E-state index contributed by atoms with van der Waals surface area (Å²) in [6, 6.07) is 9.17. The summed E-state index contributed by atoms with van der Waals surface area (Å²) in [5.41, 5.74) is 2.41. The number of benzene rings is 1. The van der Waals surface area contributed by atoms with Gasteiger partial charge in [0.1, 0.15) is 6.26 Å². The lowest BCUT2D eigenvalue weighted by Gasteiger charge is -2.37. The van der Waals surface area contributed by atoms with Gasteiger partial charge in [-0.05, 0) is 25.5 Å². The second-order valence-electron chi connectivity index (χ2n) is 7.63. The van der Waals surface area contributed by atoms with E-state index in [4.69, 9.17) is 4.52 Å². The summed E-state index contributed by atoms with van der Waals surface area (Å²) in [5.74, 6) is 0.0667. The number of anilines is 2. The Bertz CT molecular complexity index is 846. The molecule has 8 nitrogen and oxygen atoms in total. The monoisotopic (exact) mass is 397 g/mol. The first-order valence-corrected chi connectivity index (χ1v) is 10.2. The van der Waals surface area contributed by atoms with Crippen LogP contribution in [0.5, 0.6) is 0 Å². The van der Waals surface area contributed by atoms with Crippen LogP contribution in [0.1, 0.15) is 25.5 Å². The van der Waals surface area contributed by atoms with Gasteiger partial charge in [-0.1, -0.05) is 17.3 Å². The summed E-state index contributed by atoms with van der Waals surface area (Å²) in [5, 5.41) is 7.01. The molecule has 0 radical (unpaired) electrons. The molecule has 1 aromatic carbocycles. The SMILES string of the molecule is C[C@@H](C(=O)Nc1ccccc1N1CCCC1=O)N1CCN(Cc2ccon2)CC1. The molecule has 0 aliphatic carbocycles. The predicted molar refractivity (Wildman–Crippen MR) is 109 cm³/mol. The Labute approximate surface area is 170 Å². The van der Waals surface area contributed by atoms with Crippen LogP contribution < -0.4 is 10.2 Å². The van der Waals surface area contributed by atoms with Gasteiger partial charge in [0.25, 0.3) is 0 Å². The smallest absolute Gasteiger partial charge is 0.241 e. The summed E-state index contributed by atoms with van der Waals surface area (Å²) in [4.78, 5) is 31.3. The highest BCUT2D eigenvalue weighted by Crippen LogP contribution is 2.29. The molecule has 1 N–H and O–H groups in total. The van der Waals surface area contributed by atoms with Crippen LogP contribution in [-0.4, -0.2) is 65.5 Å². The van der Waals surface area contributed by atoms with Crippen LogP contribution in [-0.2, 0) is 16.1 Å². The molecule has 2 aliphatic heterocycles. The molecule has 2 saturated heterocycles.